The topological polar surface area (TPSA) is 39.2 Å². The van der Waals surface area contributed by atoms with Gasteiger partial charge in [-0.3, -0.25) is 0 Å². The molecule has 2 nitrogen and oxygen atoms in total. The van der Waals surface area contributed by atoms with Crippen molar-refractivity contribution in [1.82, 2.24) is 0 Å². The molecule has 0 fully saturated rings. The molecule has 2 rings (SSSR count). The summed E-state index contributed by atoms with van der Waals surface area (Å²) in [6.07, 6.45) is 0.931. The molecular weight excluding hydrogens is 162 g/mol. The van der Waals surface area contributed by atoms with Crippen molar-refractivity contribution in [2.75, 3.05) is 5.73 Å². The number of aryl methyl sites for hydroxylation is 2. The minimum absolute atomic E-state index is 0.791. The molecule has 0 spiro atoms. The standard InChI is InChI=1S/C11H13NO/c1-3-10-7(2)9-6-8(12)4-5-11(9)13-10/h4-6H,3,12H2,1-2H3. The second-order valence-electron chi connectivity index (χ2n) is 3.26. The van der Waals surface area contributed by atoms with Crippen molar-refractivity contribution in [1.29, 1.82) is 0 Å². The SMILES string of the molecule is CCc1oc2ccc(N)cc2c1C. The first kappa shape index (κ1) is 8.17. The summed E-state index contributed by atoms with van der Waals surface area (Å²) < 4.78 is 5.65. The van der Waals surface area contributed by atoms with Gasteiger partial charge >= 0.3 is 0 Å². The van der Waals surface area contributed by atoms with Crippen molar-refractivity contribution >= 4 is 16.7 Å². The normalized spacial score (nSPS) is 10.9. The molecule has 1 aromatic carbocycles. The second-order valence-corrected chi connectivity index (χ2v) is 3.26. The van der Waals surface area contributed by atoms with E-state index in [-0.39, 0.29) is 0 Å². The van der Waals surface area contributed by atoms with Crippen LogP contribution in [0.15, 0.2) is 22.6 Å². The first-order valence-corrected chi connectivity index (χ1v) is 4.50. The van der Waals surface area contributed by atoms with E-state index in [0.717, 1.165) is 28.8 Å². The van der Waals surface area contributed by atoms with E-state index in [9.17, 15) is 0 Å². The van der Waals surface area contributed by atoms with E-state index in [2.05, 4.69) is 13.8 Å². The highest BCUT2D eigenvalue weighted by molar-refractivity contribution is 5.84. The average molecular weight is 175 g/mol. The minimum atomic E-state index is 0.791. The Balaban J connectivity index is 2.77. The molecule has 2 aromatic rings. The van der Waals surface area contributed by atoms with Gasteiger partial charge in [-0.2, -0.15) is 0 Å². The lowest BCUT2D eigenvalue weighted by molar-refractivity contribution is 0.553. The van der Waals surface area contributed by atoms with Crippen LogP contribution in [0.5, 0.6) is 0 Å². The van der Waals surface area contributed by atoms with Gasteiger partial charge < -0.3 is 10.2 Å². The number of benzene rings is 1. The van der Waals surface area contributed by atoms with Crippen LogP contribution in [0.4, 0.5) is 5.69 Å². The third-order valence-corrected chi connectivity index (χ3v) is 2.38. The van der Waals surface area contributed by atoms with Crippen molar-refractivity contribution in [3.05, 3.63) is 29.5 Å². The molecule has 13 heavy (non-hydrogen) atoms. The van der Waals surface area contributed by atoms with Crippen molar-refractivity contribution in [3.8, 4) is 0 Å². The fourth-order valence-corrected chi connectivity index (χ4v) is 1.63. The number of hydrogen-bond donors (Lipinski definition) is 1. The Bertz CT molecular complexity index is 443. The number of rotatable bonds is 1. The summed E-state index contributed by atoms with van der Waals surface area (Å²) in [6.45, 7) is 4.16. The van der Waals surface area contributed by atoms with Gasteiger partial charge in [-0.05, 0) is 30.7 Å². The molecule has 0 unspecified atom stereocenters. The molecule has 0 radical (unpaired) electrons. The van der Waals surface area contributed by atoms with Crippen LogP contribution in [0.25, 0.3) is 11.0 Å². The van der Waals surface area contributed by atoms with E-state index in [4.69, 9.17) is 10.2 Å². The zero-order valence-electron chi connectivity index (χ0n) is 7.92. The van der Waals surface area contributed by atoms with E-state index < -0.39 is 0 Å². The van der Waals surface area contributed by atoms with Crippen LogP contribution in [-0.4, -0.2) is 0 Å². The summed E-state index contributed by atoms with van der Waals surface area (Å²) in [5, 5.41) is 1.14. The van der Waals surface area contributed by atoms with Gasteiger partial charge in [0.1, 0.15) is 11.3 Å². The third kappa shape index (κ3) is 1.18. The van der Waals surface area contributed by atoms with E-state index in [1.54, 1.807) is 0 Å². The number of furan rings is 1. The molecule has 0 aliphatic rings. The maximum absolute atomic E-state index is 5.70. The minimum Gasteiger partial charge on any atom is -0.461 e. The fourth-order valence-electron chi connectivity index (χ4n) is 1.63. The smallest absolute Gasteiger partial charge is 0.134 e. The Kier molecular flexibility index (Phi) is 1.76. The Morgan fingerprint density at radius 2 is 2.15 bits per heavy atom. The maximum atomic E-state index is 5.70. The van der Waals surface area contributed by atoms with Crippen LogP contribution in [0.3, 0.4) is 0 Å². The molecule has 0 atom stereocenters. The number of nitrogen functional groups attached to an aromatic ring is 1. The van der Waals surface area contributed by atoms with E-state index in [1.165, 1.54) is 5.56 Å². The molecule has 1 aromatic heterocycles. The maximum Gasteiger partial charge on any atom is 0.134 e. The molecule has 1 heterocycles. The zero-order chi connectivity index (χ0) is 9.42. The molecule has 2 N–H and O–H groups in total. The Morgan fingerprint density at radius 3 is 2.85 bits per heavy atom. The van der Waals surface area contributed by atoms with Gasteiger partial charge in [-0.15, -0.1) is 0 Å². The fraction of sp³-hybridized carbons (Fsp3) is 0.273. The first-order valence-electron chi connectivity index (χ1n) is 4.50. The Labute approximate surface area is 77.3 Å². The molecule has 0 saturated heterocycles. The summed E-state index contributed by atoms with van der Waals surface area (Å²) in [5.41, 5.74) is 8.64. The number of anilines is 1. The van der Waals surface area contributed by atoms with Crippen LogP contribution in [0.1, 0.15) is 18.2 Å². The summed E-state index contributed by atoms with van der Waals surface area (Å²) in [5.74, 6) is 1.06. The molecule has 0 saturated carbocycles. The van der Waals surface area contributed by atoms with Crippen LogP contribution < -0.4 is 5.73 Å². The van der Waals surface area contributed by atoms with Crippen molar-refractivity contribution in [2.24, 2.45) is 0 Å². The quantitative estimate of drug-likeness (QED) is 0.677. The Hall–Kier alpha value is -1.44. The predicted molar refractivity (Wildman–Crippen MR) is 54.7 cm³/mol. The number of nitrogens with two attached hydrogens (primary N) is 1. The average Bonchev–Trinajstić information content (AvgIpc) is 2.44. The third-order valence-electron chi connectivity index (χ3n) is 2.38. The highest BCUT2D eigenvalue weighted by Gasteiger charge is 2.07. The van der Waals surface area contributed by atoms with Crippen LogP contribution in [0, 0.1) is 6.92 Å². The highest BCUT2D eigenvalue weighted by atomic mass is 16.3. The van der Waals surface area contributed by atoms with E-state index in [1.807, 2.05) is 18.2 Å². The molecule has 0 aliphatic heterocycles. The summed E-state index contributed by atoms with van der Waals surface area (Å²) >= 11 is 0. The second kappa shape index (κ2) is 2.80. The van der Waals surface area contributed by atoms with Gasteiger partial charge in [-0.25, -0.2) is 0 Å². The Morgan fingerprint density at radius 1 is 1.38 bits per heavy atom. The lowest BCUT2D eigenvalue weighted by atomic mass is 10.1. The van der Waals surface area contributed by atoms with E-state index in [0.29, 0.717) is 0 Å². The lowest BCUT2D eigenvalue weighted by Crippen LogP contribution is -1.82. The molecule has 68 valence electrons. The largest absolute Gasteiger partial charge is 0.461 e. The molecule has 2 heteroatoms. The molecule has 0 bridgehead atoms. The zero-order valence-corrected chi connectivity index (χ0v) is 7.92. The van der Waals surface area contributed by atoms with Crippen molar-refractivity contribution < 1.29 is 4.42 Å². The highest BCUT2D eigenvalue weighted by Crippen LogP contribution is 2.26. The molecule has 0 aliphatic carbocycles. The van der Waals surface area contributed by atoms with Gasteiger partial charge in [0.2, 0.25) is 0 Å². The van der Waals surface area contributed by atoms with Crippen molar-refractivity contribution in [2.45, 2.75) is 20.3 Å². The summed E-state index contributed by atoms with van der Waals surface area (Å²) in [7, 11) is 0. The monoisotopic (exact) mass is 175 g/mol. The van der Waals surface area contributed by atoms with Gasteiger partial charge in [0.15, 0.2) is 0 Å². The van der Waals surface area contributed by atoms with Gasteiger partial charge in [-0.1, -0.05) is 6.92 Å². The predicted octanol–water partition coefficient (Wildman–Crippen LogP) is 2.89. The first-order chi connectivity index (χ1) is 6.22. The van der Waals surface area contributed by atoms with Crippen molar-refractivity contribution in [3.63, 3.8) is 0 Å². The molecular formula is C11H13NO. The number of hydrogen-bond acceptors (Lipinski definition) is 2. The van der Waals surface area contributed by atoms with Gasteiger partial charge in [0.05, 0.1) is 0 Å². The number of fused-ring (bicyclic) bond motifs is 1. The van der Waals surface area contributed by atoms with Gasteiger partial charge in [0, 0.05) is 17.5 Å². The summed E-state index contributed by atoms with van der Waals surface area (Å²) in [4.78, 5) is 0. The van der Waals surface area contributed by atoms with Crippen LogP contribution in [0.2, 0.25) is 0 Å². The summed E-state index contributed by atoms with van der Waals surface area (Å²) in [6, 6.07) is 5.76. The lowest BCUT2D eigenvalue weighted by Gasteiger charge is -1.92. The van der Waals surface area contributed by atoms with Gasteiger partial charge in [0.25, 0.3) is 0 Å². The van der Waals surface area contributed by atoms with Crippen LogP contribution >= 0.6 is 0 Å². The van der Waals surface area contributed by atoms with E-state index >= 15 is 0 Å². The van der Waals surface area contributed by atoms with Crippen LogP contribution in [-0.2, 0) is 6.42 Å². The molecule has 0 amide bonds.